The van der Waals surface area contributed by atoms with Gasteiger partial charge in [-0.3, -0.25) is 14.9 Å². The Bertz CT molecular complexity index is 664. The third kappa shape index (κ3) is 2.61. The number of non-ortho nitro benzene ring substituents is 1. The van der Waals surface area contributed by atoms with Crippen molar-refractivity contribution >= 4 is 23.2 Å². The van der Waals surface area contributed by atoms with Crippen molar-refractivity contribution in [1.82, 2.24) is 4.90 Å². The number of nitro groups is 1. The van der Waals surface area contributed by atoms with Crippen LogP contribution in [0, 0.1) is 27.9 Å². The highest BCUT2D eigenvalue weighted by Crippen LogP contribution is 2.47. The number of carbonyl (C=O) groups excluding carboxylic acids is 1. The lowest BCUT2D eigenvalue weighted by Gasteiger charge is -2.39. The van der Waals surface area contributed by atoms with Gasteiger partial charge in [-0.2, -0.15) is 0 Å². The number of benzene rings is 1. The quantitative estimate of drug-likeness (QED) is 0.608. The van der Waals surface area contributed by atoms with Crippen LogP contribution in [0.4, 0.5) is 5.69 Å². The first-order chi connectivity index (χ1) is 11.0. The van der Waals surface area contributed by atoms with E-state index in [4.69, 9.17) is 11.6 Å². The SMILES string of the molecule is O=C(c1ccc([N+](=O)[O-])cc1Cl)N1CC2CC3CC(C2)CC1C3. The van der Waals surface area contributed by atoms with Crippen LogP contribution in [0.1, 0.15) is 42.5 Å². The molecule has 1 aromatic rings. The first kappa shape index (κ1) is 14.9. The van der Waals surface area contributed by atoms with Gasteiger partial charge in [0.1, 0.15) is 0 Å². The van der Waals surface area contributed by atoms with Gasteiger partial charge in [-0.05, 0) is 55.9 Å². The summed E-state index contributed by atoms with van der Waals surface area (Å²) in [6.45, 7) is 0.809. The molecule has 0 spiro atoms. The number of carbonyl (C=O) groups is 1. The molecule has 5 nitrogen and oxygen atoms in total. The molecule has 2 unspecified atom stereocenters. The Morgan fingerprint density at radius 1 is 1.13 bits per heavy atom. The van der Waals surface area contributed by atoms with Gasteiger partial charge in [0.15, 0.2) is 0 Å². The first-order valence-electron chi connectivity index (χ1n) is 8.26. The van der Waals surface area contributed by atoms with Crippen molar-refractivity contribution in [3.63, 3.8) is 0 Å². The van der Waals surface area contributed by atoms with E-state index in [2.05, 4.69) is 0 Å². The van der Waals surface area contributed by atoms with Crippen LogP contribution in [0.3, 0.4) is 0 Å². The van der Waals surface area contributed by atoms with Crippen LogP contribution in [0.15, 0.2) is 18.2 Å². The lowest BCUT2D eigenvalue weighted by molar-refractivity contribution is -0.384. The van der Waals surface area contributed by atoms with E-state index in [-0.39, 0.29) is 16.6 Å². The predicted octanol–water partition coefficient (Wildman–Crippen LogP) is 3.90. The summed E-state index contributed by atoms with van der Waals surface area (Å²) in [6.07, 6.45) is 6.01. The highest BCUT2D eigenvalue weighted by molar-refractivity contribution is 6.34. The summed E-state index contributed by atoms with van der Waals surface area (Å²) in [4.78, 5) is 25.3. The molecule has 2 heterocycles. The maximum atomic E-state index is 13.0. The van der Waals surface area contributed by atoms with E-state index >= 15 is 0 Å². The standard InChI is InChI=1S/C17H19ClN2O3/c18-16-8-13(20(22)23)1-2-15(16)17(21)19-9-12-4-10-3-11(5-12)7-14(19)6-10/h1-2,8,10-12,14H,3-7,9H2. The zero-order valence-electron chi connectivity index (χ0n) is 12.8. The van der Waals surface area contributed by atoms with Crippen molar-refractivity contribution in [1.29, 1.82) is 0 Å². The molecular weight excluding hydrogens is 316 g/mol. The summed E-state index contributed by atoms with van der Waals surface area (Å²) in [7, 11) is 0. The third-order valence-corrected chi connectivity index (χ3v) is 6.07. The van der Waals surface area contributed by atoms with Crippen molar-refractivity contribution in [2.45, 2.75) is 38.1 Å². The molecular formula is C17H19ClN2O3. The lowest BCUT2D eigenvalue weighted by atomic mass is 9.68. The Kier molecular flexibility index (Phi) is 3.56. The maximum Gasteiger partial charge on any atom is 0.270 e. The summed E-state index contributed by atoms with van der Waals surface area (Å²) in [5.74, 6) is 2.07. The zero-order valence-corrected chi connectivity index (χ0v) is 13.5. The fourth-order valence-electron chi connectivity index (χ4n) is 4.98. The van der Waals surface area contributed by atoms with E-state index in [9.17, 15) is 14.9 Å². The van der Waals surface area contributed by atoms with Gasteiger partial charge in [0, 0.05) is 24.7 Å². The highest BCUT2D eigenvalue weighted by Gasteiger charge is 2.44. The Balaban J connectivity index is 1.63. The second kappa shape index (κ2) is 5.48. The molecule has 1 aromatic carbocycles. The molecule has 6 heteroatoms. The summed E-state index contributed by atoms with van der Waals surface area (Å²) in [6, 6.07) is 4.44. The van der Waals surface area contributed by atoms with E-state index < -0.39 is 4.92 Å². The number of halogens is 1. The molecule has 4 bridgehead atoms. The number of hydrogen-bond donors (Lipinski definition) is 0. The minimum absolute atomic E-state index is 0.0666. The van der Waals surface area contributed by atoms with Gasteiger partial charge in [-0.15, -0.1) is 0 Å². The van der Waals surface area contributed by atoms with Crippen LogP contribution in [-0.4, -0.2) is 28.3 Å². The Morgan fingerprint density at radius 2 is 1.78 bits per heavy atom. The molecule has 5 rings (SSSR count). The van der Waals surface area contributed by atoms with E-state index in [1.54, 1.807) is 0 Å². The number of rotatable bonds is 2. The van der Waals surface area contributed by atoms with Gasteiger partial charge in [0.05, 0.1) is 15.5 Å². The van der Waals surface area contributed by atoms with Crippen LogP contribution < -0.4 is 0 Å². The molecule has 0 N–H and O–H groups in total. The Hall–Kier alpha value is -1.62. The van der Waals surface area contributed by atoms with Crippen molar-refractivity contribution in [2.24, 2.45) is 17.8 Å². The molecule has 1 amide bonds. The van der Waals surface area contributed by atoms with Crippen LogP contribution in [0.25, 0.3) is 0 Å². The molecule has 2 atom stereocenters. The monoisotopic (exact) mass is 334 g/mol. The van der Waals surface area contributed by atoms with Crippen LogP contribution in [-0.2, 0) is 0 Å². The zero-order chi connectivity index (χ0) is 16.1. The number of hydrogen-bond acceptors (Lipinski definition) is 3. The van der Waals surface area contributed by atoms with Crippen molar-refractivity contribution < 1.29 is 9.72 Å². The van der Waals surface area contributed by atoms with Crippen molar-refractivity contribution in [3.8, 4) is 0 Å². The van der Waals surface area contributed by atoms with E-state index in [0.717, 1.165) is 31.2 Å². The minimum Gasteiger partial charge on any atom is -0.335 e. The molecule has 4 fully saturated rings. The summed E-state index contributed by atoms with van der Waals surface area (Å²) in [5, 5.41) is 11.0. The fraction of sp³-hybridized carbons (Fsp3) is 0.588. The minimum atomic E-state index is -0.493. The molecule has 122 valence electrons. The van der Waals surface area contributed by atoms with Crippen LogP contribution in [0.5, 0.6) is 0 Å². The largest absolute Gasteiger partial charge is 0.335 e. The molecule has 2 saturated carbocycles. The number of fused-ring (bicyclic) bond motifs is 1. The lowest BCUT2D eigenvalue weighted by Crippen LogP contribution is -2.42. The fourth-order valence-corrected chi connectivity index (χ4v) is 5.23. The van der Waals surface area contributed by atoms with Gasteiger partial charge >= 0.3 is 0 Å². The number of nitrogens with zero attached hydrogens (tertiary/aromatic N) is 2. The molecule has 0 radical (unpaired) electrons. The molecule has 2 aliphatic heterocycles. The Labute approximate surface area is 139 Å². The van der Waals surface area contributed by atoms with E-state index in [1.807, 2.05) is 4.90 Å². The maximum absolute atomic E-state index is 13.0. The van der Waals surface area contributed by atoms with E-state index in [0.29, 0.717) is 17.5 Å². The first-order valence-corrected chi connectivity index (χ1v) is 8.64. The molecule has 2 saturated heterocycles. The molecule has 2 aliphatic carbocycles. The van der Waals surface area contributed by atoms with Crippen LogP contribution >= 0.6 is 11.6 Å². The van der Waals surface area contributed by atoms with Crippen molar-refractivity contribution in [3.05, 3.63) is 38.9 Å². The normalized spacial score (nSPS) is 32.0. The molecule has 4 aliphatic rings. The summed E-state index contributed by atoms with van der Waals surface area (Å²) in [5.41, 5.74) is 0.306. The number of nitro benzene ring substituents is 1. The highest BCUT2D eigenvalue weighted by atomic mass is 35.5. The third-order valence-electron chi connectivity index (χ3n) is 5.76. The Morgan fingerprint density at radius 3 is 2.39 bits per heavy atom. The van der Waals surface area contributed by atoms with Gasteiger partial charge in [0.2, 0.25) is 0 Å². The van der Waals surface area contributed by atoms with Gasteiger partial charge in [-0.25, -0.2) is 0 Å². The van der Waals surface area contributed by atoms with Gasteiger partial charge in [0.25, 0.3) is 11.6 Å². The topological polar surface area (TPSA) is 63.4 Å². The molecule has 0 aromatic heterocycles. The summed E-state index contributed by atoms with van der Waals surface area (Å²) >= 11 is 6.16. The predicted molar refractivity (Wildman–Crippen MR) is 86.5 cm³/mol. The summed E-state index contributed by atoms with van der Waals surface area (Å²) < 4.78 is 0. The molecule has 23 heavy (non-hydrogen) atoms. The average Bonchev–Trinajstić information content (AvgIpc) is 2.70. The second-order valence-electron chi connectivity index (χ2n) is 7.31. The van der Waals surface area contributed by atoms with Crippen molar-refractivity contribution in [2.75, 3.05) is 6.54 Å². The van der Waals surface area contributed by atoms with E-state index in [1.165, 1.54) is 37.5 Å². The number of amides is 1. The van der Waals surface area contributed by atoms with Crippen LogP contribution in [0.2, 0.25) is 5.02 Å². The average molecular weight is 335 g/mol. The van der Waals surface area contributed by atoms with Gasteiger partial charge < -0.3 is 4.90 Å². The smallest absolute Gasteiger partial charge is 0.270 e. The van der Waals surface area contributed by atoms with Gasteiger partial charge in [-0.1, -0.05) is 11.6 Å². The second-order valence-corrected chi connectivity index (χ2v) is 7.72.